The summed E-state index contributed by atoms with van der Waals surface area (Å²) in [6.45, 7) is 5.59. The van der Waals surface area contributed by atoms with Gasteiger partial charge < -0.3 is 14.8 Å². The number of rotatable bonds is 5. The van der Waals surface area contributed by atoms with Crippen LogP contribution in [0.15, 0.2) is 12.1 Å². The maximum atomic E-state index is 11.8. The summed E-state index contributed by atoms with van der Waals surface area (Å²) in [5.41, 5.74) is 2.39. The lowest BCUT2D eigenvalue weighted by Gasteiger charge is -2.15. The molecule has 0 radical (unpaired) electrons. The van der Waals surface area contributed by atoms with Crippen LogP contribution in [0.5, 0.6) is 5.75 Å². The topological polar surface area (TPSA) is 47.6 Å². The van der Waals surface area contributed by atoms with Gasteiger partial charge in [-0.1, -0.05) is 6.07 Å². The van der Waals surface area contributed by atoms with Crippen molar-refractivity contribution in [3.05, 3.63) is 28.8 Å². The summed E-state index contributed by atoms with van der Waals surface area (Å²) in [6, 6.07) is 4.41. The molecule has 4 nitrogen and oxygen atoms in total. The number of hydrogen-bond acceptors (Lipinski definition) is 4. The number of aryl methyl sites for hydroxylation is 1. The van der Waals surface area contributed by atoms with E-state index in [4.69, 9.17) is 9.47 Å². The highest BCUT2D eigenvalue weighted by molar-refractivity contribution is 5.93. The van der Waals surface area contributed by atoms with Gasteiger partial charge in [0, 0.05) is 11.6 Å². The molecule has 1 heterocycles. The van der Waals surface area contributed by atoms with E-state index in [-0.39, 0.29) is 5.97 Å². The van der Waals surface area contributed by atoms with Gasteiger partial charge in [-0.15, -0.1) is 0 Å². The van der Waals surface area contributed by atoms with Gasteiger partial charge in [0.2, 0.25) is 0 Å². The normalized spacial score (nSPS) is 18.1. The smallest absolute Gasteiger partial charge is 0.338 e. The molecule has 110 valence electrons. The van der Waals surface area contributed by atoms with Gasteiger partial charge in [-0.2, -0.15) is 0 Å². The van der Waals surface area contributed by atoms with E-state index in [0.29, 0.717) is 18.2 Å². The molecular formula is C16H23NO3. The SMILES string of the molecule is COC(=O)c1c(C)ccc(OCCC2CCCN2)c1C. The Bertz CT molecular complexity index is 479. The second-order valence-electron chi connectivity index (χ2n) is 5.30. The molecule has 0 saturated carbocycles. The average molecular weight is 277 g/mol. The number of esters is 1. The summed E-state index contributed by atoms with van der Waals surface area (Å²) in [5.74, 6) is 0.469. The van der Waals surface area contributed by atoms with Crippen molar-refractivity contribution in [1.29, 1.82) is 0 Å². The summed E-state index contributed by atoms with van der Waals surface area (Å²) in [7, 11) is 1.40. The Morgan fingerprint density at radius 3 is 2.85 bits per heavy atom. The quantitative estimate of drug-likeness (QED) is 0.840. The first-order valence-corrected chi connectivity index (χ1v) is 7.18. The zero-order valence-corrected chi connectivity index (χ0v) is 12.5. The fraction of sp³-hybridized carbons (Fsp3) is 0.562. The average Bonchev–Trinajstić information content (AvgIpc) is 2.94. The maximum absolute atomic E-state index is 11.8. The third-order valence-electron chi connectivity index (χ3n) is 3.90. The Labute approximate surface area is 120 Å². The number of methoxy groups -OCH3 is 1. The molecule has 1 saturated heterocycles. The Kier molecular flexibility index (Phi) is 5.01. The number of benzene rings is 1. The first kappa shape index (κ1) is 14.9. The van der Waals surface area contributed by atoms with Gasteiger partial charge in [0.05, 0.1) is 19.3 Å². The Hall–Kier alpha value is -1.55. The summed E-state index contributed by atoms with van der Waals surface area (Å²) in [5, 5.41) is 3.45. The van der Waals surface area contributed by atoms with Gasteiger partial charge in [-0.25, -0.2) is 4.79 Å². The highest BCUT2D eigenvalue weighted by Crippen LogP contribution is 2.25. The third-order valence-corrected chi connectivity index (χ3v) is 3.90. The number of nitrogens with one attached hydrogen (secondary N) is 1. The van der Waals surface area contributed by atoms with Crippen LogP contribution < -0.4 is 10.1 Å². The van der Waals surface area contributed by atoms with Gasteiger partial charge in [0.25, 0.3) is 0 Å². The van der Waals surface area contributed by atoms with Gasteiger partial charge in [-0.3, -0.25) is 0 Å². The molecule has 0 bridgehead atoms. The van der Waals surface area contributed by atoms with E-state index in [1.54, 1.807) is 0 Å². The fourth-order valence-corrected chi connectivity index (χ4v) is 2.71. The molecule has 1 fully saturated rings. The largest absolute Gasteiger partial charge is 0.493 e. The molecule has 4 heteroatoms. The van der Waals surface area contributed by atoms with Crippen LogP contribution in [-0.4, -0.2) is 32.3 Å². The number of ether oxygens (including phenoxy) is 2. The molecule has 20 heavy (non-hydrogen) atoms. The molecular weight excluding hydrogens is 254 g/mol. The van der Waals surface area contributed by atoms with Gasteiger partial charge in [0.15, 0.2) is 0 Å². The minimum atomic E-state index is -0.303. The standard InChI is InChI=1S/C16H23NO3/c1-11-6-7-14(12(2)15(11)16(18)19-3)20-10-8-13-5-4-9-17-13/h6-7,13,17H,4-5,8-10H2,1-3H3. The number of carbonyl (C=O) groups is 1. The van der Waals surface area contributed by atoms with Crippen molar-refractivity contribution >= 4 is 5.97 Å². The predicted octanol–water partition coefficient (Wildman–Crippen LogP) is 2.61. The second kappa shape index (κ2) is 6.75. The van der Waals surface area contributed by atoms with Crippen LogP contribution in [0.4, 0.5) is 0 Å². The lowest BCUT2D eigenvalue weighted by atomic mass is 10.0. The van der Waals surface area contributed by atoms with Crippen molar-refractivity contribution in [3.63, 3.8) is 0 Å². The van der Waals surface area contributed by atoms with Gasteiger partial charge in [0.1, 0.15) is 5.75 Å². The van der Waals surface area contributed by atoms with Gasteiger partial charge in [-0.05, 0) is 51.3 Å². The minimum absolute atomic E-state index is 0.303. The molecule has 0 aromatic heterocycles. The zero-order valence-electron chi connectivity index (χ0n) is 12.5. The molecule has 1 aromatic rings. The molecule has 1 aliphatic rings. The molecule has 0 spiro atoms. The first-order chi connectivity index (χ1) is 9.63. The van der Waals surface area contributed by atoms with Crippen molar-refractivity contribution in [2.45, 2.75) is 39.2 Å². The zero-order chi connectivity index (χ0) is 14.5. The van der Waals surface area contributed by atoms with E-state index in [0.717, 1.165) is 29.8 Å². The molecule has 1 atom stereocenters. The molecule has 1 aliphatic heterocycles. The van der Waals surface area contributed by atoms with Crippen LogP contribution in [-0.2, 0) is 4.74 Å². The van der Waals surface area contributed by atoms with Crippen LogP contribution in [0.2, 0.25) is 0 Å². The van der Waals surface area contributed by atoms with Crippen LogP contribution >= 0.6 is 0 Å². The van der Waals surface area contributed by atoms with Crippen molar-refractivity contribution in [1.82, 2.24) is 5.32 Å². The van der Waals surface area contributed by atoms with E-state index < -0.39 is 0 Å². The predicted molar refractivity (Wildman–Crippen MR) is 78.4 cm³/mol. The number of carbonyl (C=O) groups excluding carboxylic acids is 1. The lowest BCUT2D eigenvalue weighted by Crippen LogP contribution is -2.23. The molecule has 0 aliphatic carbocycles. The molecule has 0 amide bonds. The number of hydrogen-bond donors (Lipinski definition) is 1. The summed E-state index contributed by atoms with van der Waals surface area (Å²) in [6.07, 6.45) is 3.48. The van der Waals surface area contributed by atoms with Crippen molar-refractivity contribution in [2.24, 2.45) is 0 Å². The highest BCUT2D eigenvalue weighted by atomic mass is 16.5. The van der Waals surface area contributed by atoms with E-state index in [1.165, 1.54) is 20.0 Å². The van der Waals surface area contributed by atoms with Crippen LogP contribution in [0.25, 0.3) is 0 Å². The summed E-state index contributed by atoms with van der Waals surface area (Å²) < 4.78 is 10.7. The van der Waals surface area contributed by atoms with Crippen molar-refractivity contribution < 1.29 is 14.3 Å². The third kappa shape index (κ3) is 3.31. The Balaban J connectivity index is 2.02. The monoisotopic (exact) mass is 277 g/mol. The van der Waals surface area contributed by atoms with Crippen molar-refractivity contribution in [3.8, 4) is 5.75 Å². The summed E-state index contributed by atoms with van der Waals surface area (Å²) in [4.78, 5) is 11.8. The van der Waals surface area contributed by atoms with E-state index in [1.807, 2.05) is 26.0 Å². The lowest BCUT2D eigenvalue weighted by molar-refractivity contribution is 0.0598. The van der Waals surface area contributed by atoms with E-state index in [2.05, 4.69) is 5.32 Å². The van der Waals surface area contributed by atoms with E-state index in [9.17, 15) is 4.79 Å². The van der Waals surface area contributed by atoms with E-state index >= 15 is 0 Å². The Morgan fingerprint density at radius 2 is 2.20 bits per heavy atom. The van der Waals surface area contributed by atoms with Crippen LogP contribution in [0.3, 0.4) is 0 Å². The second-order valence-corrected chi connectivity index (χ2v) is 5.30. The maximum Gasteiger partial charge on any atom is 0.338 e. The molecule has 1 unspecified atom stereocenters. The Morgan fingerprint density at radius 1 is 1.40 bits per heavy atom. The highest BCUT2D eigenvalue weighted by Gasteiger charge is 2.17. The van der Waals surface area contributed by atoms with Crippen molar-refractivity contribution in [2.75, 3.05) is 20.3 Å². The molecule has 2 rings (SSSR count). The molecule has 1 aromatic carbocycles. The fourth-order valence-electron chi connectivity index (χ4n) is 2.71. The first-order valence-electron chi connectivity index (χ1n) is 7.18. The molecule has 1 N–H and O–H groups in total. The van der Waals surface area contributed by atoms with Crippen LogP contribution in [0, 0.1) is 13.8 Å². The van der Waals surface area contributed by atoms with Crippen LogP contribution in [0.1, 0.15) is 40.7 Å². The van der Waals surface area contributed by atoms with Gasteiger partial charge >= 0.3 is 5.97 Å². The summed E-state index contributed by atoms with van der Waals surface area (Å²) >= 11 is 0. The minimum Gasteiger partial charge on any atom is -0.493 e.